The van der Waals surface area contributed by atoms with Gasteiger partial charge in [-0.2, -0.15) is 0 Å². The molecule has 0 fully saturated rings. The van der Waals surface area contributed by atoms with Gasteiger partial charge in [0.05, 0.1) is 0 Å². The van der Waals surface area contributed by atoms with Crippen molar-refractivity contribution in [1.82, 2.24) is 0 Å². The number of hydrogen-bond donors (Lipinski definition) is 0. The Morgan fingerprint density at radius 1 is 0.833 bits per heavy atom. The molecule has 6 heavy (non-hydrogen) atoms. The van der Waals surface area contributed by atoms with Crippen LogP contribution in [0, 0.1) is 0 Å². The molecule has 0 spiro atoms. The van der Waals surface area contributed by atoms with Crippen molar-refractivity contribution in [1.29, 1.82) is 0 Å². The fourth-order valence-electron chi connectivity index (χ4n) is 0. The fraction of sp³-hybridized carbons (Fsp3) is 0. The average molecular weight is 290 g/mol. The predicted molar refractivity (Wildman–Crippen MR) is 14.4 cm³/mol. The Morgan fingerprint density at radius 3 is 0.833 bits per heavy atom. The molecular formula is H3AlF4W. The molecule has 0 atom stereocenters. The Morgan fingerprint density at radius 2 is 0.833 bits per heavy atom. The summed E-state index contributed by atoms with van der Waals surface area (Å²) in [5.74, 6) is 0. The van der Waals surface area contributed by atoms with Crippen molar-refractivity contribution in [2.45, 2.75) is 0 Å². The summed E-state index contributed by atoms with van der Waals surface area (Å²) in [6, 6.07) is 0. The summed E-state index contributed by atoms with van der Waals surface area (Å²) in [4.78, 5) is 0. The Balaban J connectivity index is 0. The van der Waals surface area contributed by atoms with E-state index in [1.54, 1.807) is 0 Å². The molecule has 0 heterocycles. The maximum atomic E-state index is 9.90. The molecule has 0 radical (unpaired) electrons. The van der Waals surface area contributed by atoms with Gasteiger partial charge in [-0.15, -0.1) is 0 Å². The molecule has 0 aromatic carbocycles. The van der Waals surface area contributed by atoms with E-state index in [9.17, 15) is 12.6 Å². The molecule has 0 aliphatic rings. The van der Waals surface area contributed by atoms with Crippen LogP contribution in [0.3, 0.4) is 0 Å². The summed E-state index contributed by atoms with van der Waals surface area (Å²) in [6.45, 7) is 0. The van der Waals surface area contributed by atoms with E-state index in [4.69, 9.17) is 0 Å². The van der Waals surface area contributed by atoms with Crippen molar-refractivity contribution in [2.24, 2.45) is 0 Å². The zero-order valence-corrected chi connectivity index (χ0v) is 4.85. The molecule has 0 aliphatic carbocycles. The summed E-state index contributed by atoms with van der Waals surface area (Å²) < 4.78 is 39.6. The third-order valence-corrected chi connectivity index (χ3v) is 0. The van der Waals surface area contributed by atoms with Crippen LogP contribution in [0.1, 0.15) is 0 Å². The first-order valence-electron chi connectivity index (χ1n) is 0.617. The zero-order chi connectivity index (χ0) is 4.50. The van der Waals surface area contributed by atoms with Gasteiger partial charge in [-0.25, -0.2) is 0 Å². The third-order valence-electron chi connectivity index (χ3n) is 0. The molecule has 0 rings (SSSR count). The van der Waals surface area contributed by atoms with Crippen LogP contribution in [0.4, 0.5) is 12.6 Å². The van der Waals surface area contributed by atoms with Gasteiger partial charge in [0.1, 0.15) is 0 Å². The quantitative estimate of drug-likeness (QED) is 0.450. The monoisotopic (exact) mass is 290 g/mol. The van der Waals surface area contributed by atoms with Crippen LogP contribution in [0.5, 0.6) is 0 Å². The minimum absolute atomic E-state index is 0. The number of rotatable bonds is 0. The summed E-state index contributed by atoms with van der Waals surface area (Å²) in [7, 11) is 0. The third kappa shape index (κ3) is 86.7. The Labute approximate surface area is 48.5 Å². The standard InChI is InChI=1S/Al.4FH.W.3H/h;4*1H;;;;/q;;;;;+4;;;/p-4. The molecule has 0 aromatic rings. The van der Waals surface area contributed by atoms with Crippen LogP contribution >= 0.6 is 0 Å². The van der Waals surface area contributed by atoms with Gasteiger partial charge in [-0.1, -0.05) is 0 Å². The molecule has 6 heteroatoms. The Kier molecular flexibility index (Phi) is 5.03. The fourth-order valence-corrected chi connectivity index (χ4v) is 0. The van der Waals surface area contributed by atoms with E-state index in [0.29, 0.717) is 0 Å². The van der Waals surface area contributed by atoms with E-state index in [0.717, 1.165) is 0 Å². The molecule has 0 saturated carbocycles. The van der Waals surface area contributed by atoms with E-state index in [1.165, 1.54) is 0 Å². The molecule has 0 aliphatic heterocycles. The second-order valence-corrected chi connectivity index (χ2v) is 2.86. The van der Waals surface area contributed by atoms with Crippen molar-refractivity contribution in [3.05, 3.63) is 0 Å². The Bertz CT molecular complexity index is 23.0. The topological polar surface area (TPSA) is 0 Å². The van der Waals surface area contributed by atoms with E-state index in [2.05, 4.69) is 0 Å². The van der Waals surface area contributed by atoms with Gasteiger partial charge in [0.25, 0.3) is 0 Å². The van der Waals surface area contributed by atoms with E-state index < -0.39 is 18.2 Å². The second-order valence-electron chi connectivity index (χ2n) is 0.350. The van der Waals surface area contributed by atoms with E-state index in [-0.39, 0.29) is 17.4 Å². The minimum atomic E-state index is -7.17. The SMILES string of the molecule is [AlH3].[F][W]([F])([F])[F]. The molecule has 0 N–H and O–H groups in total. The summed E-state index contributed by atoms with van der Waals surface area (Å²) >= 11 is -7.17. The predicted octanol–water partition coefficient (Wildman–Crippen LogP) is 0.494. The summed E-state index contributed by atoms with van der Waals surface area (Å²) in [6.07, 6.45) is 0. The van der Waals surface area contributed by atoms with Crippen LogP contribution in [0.2, 0.25) is 0 Å². The Hall–Kier alpha value is 0.941. The van der Waals surface area contributed by atoms with Gasteiger partial charge in [0, 0.05) is 0 Å². The van der Waals surface area contributed by atoms with Crippen LogP contribution in [0.25, 0.3) is 0 Å². The van der Waals surface area contributed by atoms with Gasteiger partial charge in [-0.3, -0.25) is 0 Å². The van der Waals surface area contributed by atoms with Crippen molar-refractivity contribution in [2.75, 3.05) is 0 Å². The maximum absolute atomic E-state index is 9.90. The zero-order valence-electron chi connectivity index (χ0n) is 1.92. The molecular weight excluding hydrogens is 287 g/mol. The van der Waals surface area contributed by atoms with Gasteiger partial charge in [0.2, 0.25) is 0 Å². The van der Waals surface area contributed by atoms with Gasteiger partial charge >= 0.3 is 30.8 Å². The van der Waals surface area contributed by atoms with Crippen LogP contribution in [0.15, 0.2) is 0 Å². The van der Waals surface area contributed by atoms with E-state index in [1.807, 2.05) is 0 Å². The molecule has 0 saturated heterocycles. The number of halogens is 4. The normalized spacial score (nSPS) is 12.7. The first-order chi connectivity index (χ1) is 2.00. The second kappa shape index (κ2) is 3.01. The van der Waals surface area contributed by atoms with Crippen molar-refractivity contribution in [3.63, 3.8) is 0 Å². The first-order valence-corrected chi connectivity index (χ1v) is 5.05. The van der Waals surface area contributed by atoms with Crippen LogP contribution in [-0.2, 0) is 18.2 Å². The molecule has 0 amide bonds. The summed E-state index contributed by atoms with van der Waals surface area (Å²) in [5, 5.41) is 0. The van der Waals surface area contributed by atoms with Gasteiger partial charge in [-0.05, 0) is 0 Å². The summed E-state index contributed by atoms with van der Waals surface area (Å²) in [5.41, 5.74) is 0. The molecule has 0 unspecified atom stereocenters. The average Bonchev–Trinajstić information content (AvgIpc) is 0.722. The van der Waals surface area contributed by atoms with Gasteiger partial charge in [0.15, 0.2) is 17.4 Å². The number of hydrogen-bond acceptors (Lipinski definition) is 0. The van der Waals surface area contributed by atoms with Crippen LogP contribution < -0.4 is 0 Å². The van der Waals surface area contributed by atoms with Crippen molar-refractivity contribution < 1.29 is 30.8 Å². The first kappa shape index (κ1) is 10.0. The molecule has 0 nitrogen and oxygen atoms in total. The molecule has 0 bridgehead atoms. The van der Waals surface area contributed by atoms with Crippen LogP contribution in [-0.4, -0.2) is 17.4 Å². The molecule has 0 aromatic heterocycles. The van der Waals surface area contributed by atoms with Crippen molar-refractivity contribution >= 4 is 17.4 Å². The van der Waals surface area contributed by atoms with Gasteiger partial charge < -0.3 is 0 Å². The van der Waals surface area contributed by atoms with Crippen molar-refractivity contribution in [3.8, 4) is 0 Å². The molecule has 40 valence electrons. The van der Waals surface area contributed by atoms with E-state index >= 15 is 0 Å².